The molecule has 0 unspecified atom stereocenters. The Morgan fingerprint density at radius 1 is 1.21 bits per heavy atom. The highest BCUT2D eigenvalue weighted by Crippen LogP contribution is 2.28. The Labute approximate surface area is 138 Å². The van der Waals surface area contributed by atoms with Crippen molar-refractivity contribution < 1.29 is 33.4 Å². The van der Waals surface area contributed by atoms with Gasteiger partial charge in [0.05, 0.1) is 7.11 Å². The first-order valence-electron chi connectivity index (χ1n) is 6.86. The SMILES string of the molecule is COc1cc(C(C)=O)ccc1OCC(=O)O[C@@H](C)C(=O)NC(N)=O. The van der Waals surface area contributed by atoms with Gasteiger partial charge in [0, 0.05) is 5.56 Å². The molecule has 0 aliphatic heterocycles. The summed E-state index contributed by atoms with van der Waals surface area (Å²) in [4.78, 5) is 44.9. The third-order valence-corrected chi connectivity index (χ3v) is 2.84. The molecule has 0 aromatic heterocycles. The summed E-state index contributed by atoms with van der Waals surface area (Å²) in [5.74, 6) is -1.32. The first-order valence-corrected chi connectivity index (χ1v) is 6.86. The minimum atomic E-state index is -1.21. The van der Waals surface area contributed by atoms with Gasteiger partial charge in [0.25, 0.3) is 5.91 Å². The Bertz CT molecular complexity index is 657. The molecule has 1 aromatic rings. The number of urea groups is 1. The summed E-state index contributed by atoms with van der Waals surface area (Å²) >= 11 is 0. The molecule has 1 aromatic carbocycles. The number of imide groups is 1. The van der Waals surface area contributed by atoms with Crippen LogP contribution in [0.3, 0.4) is 0 Å². The number of nitrogens with one attached hydrogen (secondary N) is 1. The van der Waals surface area contributed by atoms with Gasteiger partial charge in [0.2, 0.25) is 0 Å². The highest BCUT2D eigenvalue weighted by Gasteiger charge is 2.19. The number of ether oxygens (including phenoxy) is 3. The zero-order valence-electron chi connectivity index (χ0n) is 13.5. The fraction of sp³-hybridized carbons (Fsp3) is 0.333. The lowest BCUT2D eigenvalue weighted by molar-refractivity contribution is -0.156. The van der Waals surface area contributed by atoms with E-state index >= 15 is 0 Å². The van der Waals surface area contributed by atoms with Gasteiger partial charge < -0.3 is 19.9 Å². The van der Waals surface area contributed by atoms with Gasteiger partial charge in [-0.3, -0.25) is 14.9 Å². The van der Waals surface area contributed by atoms with Crippen LogP contribution in [-0.4, -0.2) is 43.5 Å². The van der Waals surface area contributed by atoms with Crippen molar-refractivity contribution in [2.75, 3.05) is 13.7 Å². The molecular formula is C15H18N2O7. The standard InChI is InChI=1S/C15H18N2O7/c1-8(18)10-4-5-11(12(6-10)22-3)23-7-13(19)24-9(2)14(20)17-15(16)21/h4-6,9H,7H2,1-3H3,(H3,16,17,20,21)/t9-/m0/s1. The zero-order chi connectivity index (χ0) is 18.3. The van der Waals surface area contributed by atoms with E-state index < -0.39 is 30.6 Å². The second kappa shape index (κ2) is 8.51. The Balaban J connectivity index is 2.62. The average molecular weight is 338 g/mol. The van der Waals surface area contributed by atoms with Crippen molar-refractivity contribution in [2.24, 2.45) is 5.73 Å². The predicted octanol–water partition coefficient (Wildman–Crippen LogP) is 0.403. The molecule has 24 heavy (non-hydrogen) atoms. The van der Waals surface area contributed by atoms with Crippen molar-refractivity contribution in [3.63, 3.8) is 0 Å². The molecular weight excluding hydrogens is 320 g/mol. The molecule has 9 heteroatoms. The molecule has 0 heterocycles. The Morgan fingerprint density at radius 3 is 2.42 bits per heavy atom. The van der Waals surface area contributed by atoms with Crippen molar-refractivity contribution in [1.82, 2.24) is 5.32 Å². The van der Waals surface area contributed by atoms with E-state index in [0.29, 0.717) is 5.56 Å². The maximum absolute atomic E-state index is 11.7. The van der Waals surface area contributed by atoms with Crippen LogP contribution in [-0.2, 0) is 14.3 Å². The van der Waals surface area contributed by atoms with E-state index in [4.69, 9.17) is 19.9 Å². The molecule has 3 amide bonds. The van der Waals surface area contributed by atoms with E-state index in [9.17, 15) is 19.2 Å². The molecule has 0 aliphatic rings. The number of hydrogen-bond acceptors (Lipinski definition) is 7. The lowest BCUT2D eigenvalue weighted by Crippen LogP contribution is -2.42. The van der Waals surface area contributed by atoms with Crippen LogP contribution >= 0.6 is 0 Å². The van der Waals surface area contributed by atoms with E-state index in [0.717, 1.165) is 0 Å². The molecule has 0 spiro atoms. The number of benzene rings is 1. The number of ketones is 1. The minimum absolute atomic E-state index is 0.145. The number of primary amides is 1. The third-order valence-electron chi connectivity index (χ3n) is 2.84. The van der Waals surface area contributed by atoms with Crippen LogP contribution in [0.25, 0.3) is 0 Å². The normalized spacial score (nSPS) is 11.1. The topological polar surface area (TPSA) is 134 Å². The molecule has 0 bridgehead atoms. The fourth-order valence-corrected chi connectivity index (χ4v) is 1.65. The van der Waals surface area contributed by atoms with Crippen molar-refractivity contribution in [2.45, 2.75) is 20.0 Å². The van der Waals surface area contributed by atoms with Crippen LogP contribution in [0.1, 0.15) is 24.2 Å². The first-order chi connectivity index (χ1) is 11.2. The lowest BCUT2D eigenvalue weighted by Gasteiger charge is -2.14. The Morgan fingerprint density at radius 2 is 1.88 bits per heavy atom. The fourth-order valence-electron chi connectivity index (χ4n) is 1.65. The monoisotopic (exact) mass is 338 g/mol. The second-order valence-electron chi connectivity index (χ2n) is 4.70. The number of rotatable bonds is 7. The van der Waals surface area contributed by atoms with Gasteiger partial charge in [-0.25, -0.2) is 9.59 Å². The van der Waals surface area contributed by atoms with Crippen LogP contribution in [0.15, 0.2) is 18.2 Å². The van der Waals surface area contributed by atoms with Crippen LogP contribution in [0.4, 0.5) is 4.79 Å². The smallest absolute Gasteiger partial charge is 0.344 e. The number of hydrogen-bond donors (Lipinski definition) is 2. The maximum Gasteiger partial charge on any atom is 0.344 e. The summed E-state index contributed by atoms with van der Waals surface area (Å²) in [7, 11) is 1.39. The largest absolute Gasteiger partial charge is 0.493 e. The van der Waals surface area contributed by atoms with Crippen molar-refractivity contribution in [3.05, 3.63) is 23.8 Å². The van der Waals surface area contributed by atoms with Gasteiger partial charge in [-0.15, -0.1) is 0 Å². The van der Waals surface area contributed by atoms with Gasteiger partial charge in [0.1, 0.15) is 0 Å². The highest BCUT2D eigenvalue weighted by atomic mass is 16.6. The molecule has 130 valence electrons. The molecule has 9 nitrogen and oxygen atoms in total. The van der Waals surface area contributed by atoms with E-state index in [1.54, 1.807) is 5.32 Å². The van der Waals surface area contributed by atoms with Crippen molar-refractivity contribution >= 4 is 23.7 Å². The molecule has 0 saturated heterocycles. The molecule has 0 aliphatic carbocycles. The molecule has 1 atom stereocenters. The number of nitrogens with two attached hydrogens (primary N) is 1. The molecule has 3 N–H and O–H groups in total. The number of amides is 3. The summed E-state index contributed by atoms with van der Waals surface area (Å²) in [5, 5.41) is 1.79. The predicted molar refractivity (Wildman–Crippen MR) is 81.8 cm³/mol. The van der Waals surface area contributed by atoms with Gasteiger partial charge in [0.15, 0.2) is 30.0 Å². The number of carbonyl (C=O) groups excluding carboxylic acids is 4. The van der Waals surface area contributed by atoms with E-state index in [1.807, 2.05) is 0 Å². The van der Waals surface area contributed by atoms with Crippen LogP contribution in [0.2, 0.25) is 0 Å². The van der Waals surface area contributed by atoms with E-state index in [2.05, 4.69) is 0 Å². The molecule has 0 saturated carbocycles. The van der Waals surface area contributed by atoms with Crippen molar-refractivity contribution in [1.29, 1.82) is 0 Å². The highest BCUT2D eigenvalue weighted by molar-refractivity contribution is 5.96. The van der Waals surface area contributed by atoms with E-state index in [1.165, 1.54) is 39.2 Å². The summed E-state index contributed by atoms with van der Waals surface area (Å²) in [6, 6.07) is 3.43. The number of methoxy groups -OCH3 is 1. The van der Waals surface area contributed by atoms with Gasteiger partial charge >= 0.3 is 12.0 Å². The lowest BCUT2D eigenvalue weighted by atomic mass is 10.1. The molecule has 0 radical (unpaired) electrons. The summed E-state index contributed by atoms with van der Waals surface area (Å²) < 4.78 is 15.1. The second-order valence-corrected chi connectivity index (χ2v) is 4.70. The quantitative estimate of drug-likeness (QED) is 0.543. The van der Waals surface area contributed by atoms with E-state index in [-0.39, 0.29) is 17.3 Å². The Kier molecular flexibility index (Phi) is 6.72. The number of carbonyl (C=O) groups is 4. The molecule has 1 rings (SSSR count). The molecule has 0 fully saturated rings. The van der Waals surface area contributed by atoms with Gasteiger partial charge in [-0.1, -0.05) is 0 Å². The first kappa shape index (κ1) is 18.9. The third kappa shape index (κ3) is 5.59. The van der Waals surface area contributed by atoms with Crippen molar-refractivity contribution in [3.8, 4) is 11.5 Å². The maximum atomic E-state index is 11.7. The van der Waals surface area contributed by atoms with Crippen LogP contribution in [0.5, 0.6) is 11.5 Å². The average Bonchev–Trinajstić information content (AvgIpc) is 2.51. The summed E-state index contributed by atoms with van der Waals surface area (Å²) in [6.45, 7) is 2.19. The van der Waals surface area contributed by atoms with Gasteiger partial charge in [-0.2, -0.15) is 0 Å². The van der Waals surface area contributed by atoms with Crippen LogP contribution in [0, 0.1) is 0 Å². The van der Waals surface area contributed by atoms with Crippen LogP contribution < -0.4 is 20.5 Å². The van der Waals surface area contributed by atoms with Gasteiger partial charge in [-0.05, 0) is 32.0 Å². The summed E-state index contributed by atoms with van der Waals surface area (Å²) in [5.41, 5.74) is 5.22. The minimum Gasteiger partial charge on any atom is -0.493 e. The zero-order valence-corrected chi connectivity index (χ0v) is 13.5. The number of esters is 1. The Hall–Kier alpha value is -3.10. The summed E-state index contributed by atoms with van der Waals surface area (Å²) in [6.07, 6.45) is -1.21. The number of Topliss-reactive ketones (excluding diaryl/α,β-unsaturated/α-hetero) is 1.